The van der Waals surface area contributed by atoms with Gasteiger partial charge in [0.2, 0.25) is 0 Å². The highest BCUT2D eigenvalue weighted by Gasteiger charge is 2.12. The minimum Gasteiger partial charge on any atom is -0.310 e. The normalized spacial score (nSPS) is 12.4. The van der Waals surface area contributed by atoms with Crippen LogP contribution in [0.2, 0.25) is 0 Å². The van der Waals surface area contributed by atoms with E-state index in [-0.39, 0.29) is 6.04 Å². The Morgan fingerprint density at radius 2 is 2.00 bits per heavy atom. The first-order valence-electron chi connectivity index (χ1n) is 6.45. The van der Waals surface area contributed by atoms with E-state index in [0.717, 1.165) is 28.8 Å². The summed E-state index contributed by atoms with van der Waals surface area (Å²) in [6.07, 6.45) is 4.65. The molecule has 0 spiro atoms. The van der Waals surface area contributed by atoms with Crippen molar-refractivity contribution in [3.8, 4) is 0 Å². The third kappa shape index (κ3) is 4.11. The van der Waals surface area contributed by atoms with Gasteiger partial charge >= 0.3 is 0 Å². The highest BCUT2D eigenvalue weighted by atomic mass is 79.9. The van der Waals surface area contributed by atoms with Gasteiger partial charge < -0.3 is 5.32 Å². The fourth-order valence-electron chi connectivity index (χ4n) is 1.98. The topological polar surface area (TPSA) is 37.8 Å². The van der Waals surface area contributed by atoms with Crippen molar-refractivity contribution in [2.75, 3.05) is 6.54 Å². The van der Waals surface area contributed by atoms with Gasteiger partial charge in [0.05, 0.1) is 0 Å². The van der Waals surface area contributed by atoms with Crippen molar-refractivity contribution in [3.63, 3.8) is 0 Å². The summed E-state index contributed by atoms with van der Waals surface area (Å²) in [5, 5.41) is 3.49. The summed E-state index contributed by atoms with van der Waals surface area (Å²) in [5.74, 6) is 0. The number of pyridine rings is 2. The van der Waals surface area contributed by atoms with E-state index in [1.54, 1.807) is 0 Å². The van der Waals surface area contributed by atoms with Gasteiger partial charge in [-0.25, -0.2) is 0 Å². The van der Waals surface area contributed by atoms with Crippen molar-refractivity contribution in [2.45, 2.75) is 26.3 Å². The summed E-state index contributed by atoms with van der Waals surface area (Å²) in [6.45, 7) is 5.04. The molecule has 2 rings (SSSR count). The maximum absolute atomic E-state index is 4.44. The molecular formula is C15H18BrN3. The zero-order chi connectivity index (χ0) is 13.7. The Labute approximate surface area is 122 Å². The van der Waals surface area contributed by atoms with Gasteiger partial charge in [0.15, 0.2) is 0 Å². The quantitative estimate of drug-likeness (QED) is 0.917. The van der Waals surface area contributed by atoms with Crippen LogP contribution >= 0.6 is 15.9 Å². The molecule has 19 heavy (non-hydrogen) atoms. The molecule has 2 aromatic rings. The van der Waals surface area contributed by atoms with Crippen LogP contribution in [0.25, 0.3) is 0 Å². The lowest BCUT2D eigenvalue weighted by Crippen LogP contribution is -2.23. The molecule has 1 unspecified atom stereocenters. The Morgan fingerprint density at radius 3 is 2.58 bits per heavy atom. The van der Waals surface area contributed by atoms with E-state index in [1.165, 1.54) is 5.56 Å². The summed E-state index contributed by atoms with van der Waals surface area (Å²) in [6, 6.07) is 8.52. The predicted octanol–water partition coefficient (Wildman–Crippen LogP) is 3.44. The average molecular weight is 320 g/mol. The molecule has 1 atom stereocenters. The van der Waals surface area contributed by atoms with Crippen LogP contribution in [-0.2, 0) is 6.42 Å². The second kappa shape index (κ2) is 6.78. The zero-order valence-electron chi connectivity index (χ0n) is 11.2. The Kier molecular flexibility index (Phi) is 5.05. The van der Waals surface area contributed by atoms with Gasteiger partial charge in [-0.05, 0) is 53.2 Å². The smallest absolute Gasteiger partial charge is 0.0423 e. The van der Waals surface area contributed by atoms with Crippen LogP contribution in [0.1, 0.15) is 29.9 Å². The molecule has 0 aliphatic rings. The molecule has 0 saturated heterocycles. The summed E-state index contributed by atoms with van der Waals surface area (Å²) in [5.41, 5.74) is 3.33. The van der Waals surface area contributed by atoms with E-state index in [1.807, 2.05) is 25.4 Å². The third-order valence-corrected chi connectivity index (χ3v) is 3.46. The number of aromatic nitrogens is 2. The van der Waals surface area contributed by atoms with Gasteiger partial charge in [-0.2, -0.15) is 0 Å². The highest BCUT2D eigenvalue weighted by Crippen LogP contribution is 2.18. The lowest BCUT2D eigenvalue weighted by atomic mass is 10.0. The summed E-state index contributed by atoms with van der Waals surface area (Å²) < 4.78 is 1.01. The van der Waals surface area contributed by atoms with Crippen LogP contribution in [0.3, 0.4) is 0 Å². The van der Waals surface area contributed by atoms with Gasteiger partial charge in [-0.3, -0.25) is 9.97 Å². The van der Waals surface area contributed by atoms with E-state index in [0.29, 0.717) is 0 Å². The fourth-order valence-corrected chi connectivity index (χ4v) is 2.21. The molecular weight excluding hydrogens is 302 g/mol. The molecule has 2 aromatic heterocycles. The van der Waals surface area contributed by atoms with Crippen molar-refractivity contribution >= 4 is 15.9 Å². The molecule has 0 aliphatic heterocycles. The van der Waals surface area contributed by atoms with Crippen molar-refractivity contribution in [2.24, 2.45) is 0 Å². The molecule has 0 bridgehead atoms. The summed E-state index contributed by atoms with van der Waals surface area (Å²) in [4.78, 5) is 8.81. The van der Waals surface area contributed by atoms with Gasteiger partial charge in [0.1, 0.15) is 0 Å². The second-order valence-corrected chi connectivity index (χ2v) is 5.43. The standard InChI is InChI=1S/C15H18BrN3/c1-3-17-15(12-5-4-11(2)18-9-12)8-14-7-6-13(16)10-19-14/h4-7,9-10,15,17H,3,8H2,1-2H3. The molecule has 4 heteroatoms. The average Bonchev–Trinajstić information content (AvgIpc) is 2.42. The maximum Gasteiger partial charge on any atom is 0.0423 e. The first-order chi connectivity index (χ1) is 9.19. The molecule has 0 aliphatic carbocycles. The number of hydrogen-bond donors (Lipinski definition) is 1. The summed E-state index contributed by atoms with van der Waals surface area (Å²) in [7, 11) is 0. The molecule has 0 saturated carbocycles. The Hall–Kier alpha value is -1.26. The van der Waals surface area contributed by atoms with Crippen molar-refractivity contribution in [1.82, 2.24) is 15.3 Å². The number of rotatable bonds is 5. The van der Waals surface area contributed by atoms with Crippen LogP contribution in [0, 0.1) is 6.92 Å². The Balaban J connectivity index is 2.15. The monoisotopic (exact) mass is 319 g/mol. The van der Waals surface area contributed by atoms with Crippen LogP contribution in [0.4, 0.5) is 0 Å². The number of halogens is 1. The first kappa shape index (κ1) is 14.2. The molecule has 1 N–H and O–H groups in total. The molecule has 0 aromatic carbocycles. The van der Waals surface area contributed by atoms with Crippen LogP contribution in [-0.4, -0.2) is 16.5 Å². The number of likely N-dealkylation sites (N-methyl/N-ethyl adjacent to an activating group) is 1. The summed E-state index contributed by atoms with van der Waals surface area (Å²) >= 11 is 3.41. The van der Waals surface area contributed by atoms with Gasteiger partial charge in [0.25, 0.3) is 0 Å². The number of nitrogens with zero attached hydrogens (tertiary/aromatic N) is 2. The van der Waals surface area contributed by atoms with E-state index >= 15 is 0 Å². The van der Waals surface area contributed by atoms with Gasteiger partial charge in [0, 0.05) is 40.7 Å². The molecule has 100 valence electrons. The Bertz CT molecular complexity index is 508. The van der Waals surface area contributed by atoms with Crippen LogP contribution < -0.4 is 5.32 Å². The highest BCUT2D eigenvalue weighted by molar-refractivity contribution is 9.10. The lowest BCUT2D eigenvalue weighted by molar-refractivity contribution is 0.542. The third-order valence-electron chi connectivity index (χ3n) is 2.99. The zero-order valence-corrected chi connectivity index (χ0v) is 12.8. The molecule has 0 radical (unpaired) electrons. The molecule has 2 heterocycles. The minimum absolute atomic E-state index is 0.256. The number of nitrogens with one attached hydrogen (secondary N) is 1. The molecule has 0 amide bonds. The fraction of sp³-hybridized carbons (Fsp3) is 0.333. The molecule has 3 nitrogen and oxygen atoms in total. The number of aryl methyl sites for hydroxylation is 1. The first-order valence-corrected chi connectivity index (χ1v) is 7.24. The molecule has 0 fully saturated rings. The largest absolute Gasteiger partial charge is 0.310 e. The number of hydrogen-bond acceptors (Lipinski definition) is 3. The van der Waals surface area contributed by atoms with Gasteiger partial charge in [-0.15, -0.1) is 0 Å². The Morgan fingerprint density at radius 1 is 1.16 bits per heavy atom. The minimum atomic E-state index is 0.256. The van der Waals surface area contributed by atoms with Crippen molar-refractivity contribution in [3.05, 3.63) is 58.1 Å². The van der Waals surface area contributed by atoms with Crippen molar-refractivity contribution in [1.29, 1.82) is 0 Å². The van der Waals surface area contributed by atoms with Crippen LogP contribution in [0.5, 0.6) is 0 Å². The van der Waals surface area contributed by atoms with Crippen LogP contribution in [0.15, 0.2) is 41.1 Å². The maximum atomic E-state index is 4.44. The lowest BCUT2D eigenvalue weighted by Gasteiger charge is -2.17. The van der Waals surface area contributed by atoms with Gasteiger partial charge in [-0.1, -0.05) is 13.0 Å². The van der Waals surface area contributed by atoms with E-state index in [9.17, 15) is 0 Å². The SMILES string of the molecule is CCNC(Cc1ccc(Br)cn1)c1ccc(C)nc1. The second-order valence-electron chi connectivity index (χ2n) is 4.52. The van der Waals surface area contributed by atoms with Crippen molar-refractivity contribution < 1.29 is 0 Å². The predicted molar refractivity (Wildman–Crippen MR) is 81.0 cm³/mol. The van der Waals surface area contributed by atoms with E-state index < -0.39 is 0 Å². The van der Waals surface area contributed by atoms with E-state index in [4.69, 9.17) is 0 Å². The van der Waals surface area contributed by atoms with E-state index in [2.05, 4.69) is 56.3 Å².